The smallest absolute Gasteiger partial charge is 0.329 e. The fraction of sp³-hybridized carbons (Fsp3) is 0.529. The number of carbonyl (C=O) groups is 2. The van der Waals surface area contributed by atoms with Gasteiger partial charge in [0.25, 0.3) is 5.91 Å². The molecule has 0 spiro atoms. The van der Waals surface area contributed by atoms with Crippen LogP contribution in [0.2, 0.25) is 0 Å². The maximum absolute atomic E-state index is 13.6. The van der Waals surface area contributed by atoms with Gasteiger partial charge in [0.05, 0.1) is 6.10 Å². The number of piperidine rings is 1. The van der Waals surface area contributed by atoms with Crippen LogP contribution >= 0.6 is 7.52 Å². The molecule has 1 saturated heterocycles. The Morgan fingerprint density at radius 2 is 1.96 bits per heavy atom. The van der Waals surface area contributed by atoms with Gasteiger partial charge in [-0.05, 0) is 45.7 Å². The summed E-state index contributed by atoms with van der Waals surface area (Å²) >= 11 is 0. The molecule has 9 heteroatoms. The summed E-state index contributed by atoms with van der Waals surface area (Å²) in [5.74, 6) is -0.982. The van der Waals surface area contributed by atoms with E-state index < -0.39 is 31.1 Å². The van der Waals surface area contributed by atoms with Gasteiger partial charge < -0.3 is 9.26 Å². The highest BCUT2D eigenvalue weighted by atomic mass is 31.2. The van der Waals surface area contributed by atoms with Crippen LogP contribution in [-0.2, 0) is 18.9 Å². The number of amides is 1. The van der Waals surface area contributed by atoms with Crippen molar-refractivity contribution in [1.82, 2.24) is 10.2 Å². The molecule has 1 aliphatic heterocycles. The second-order valence-electron chi connectivity index (χ2n) is 6.46. The molecule has 1 aliphatic rings. The van der Waals surface area contributed by atoms with Crippen LogP contribution in [0.5, 0.6) is 5.75 Å². The van der Waals surface area contributed by atoms with Crippen LogP contribution in [0.4, 0.5) is 0 Å². The van der Waals surface area contributed by atoms with Crippen LogP contribution in [0.25, 0.3) is 0 Å². The second kappa shape index (κ2) is 8.66. The molecule has 1 amide bonds. The molecule has 2 N–H and O–H groups in total. The molecular weight excluding hydrogens is 359 g/mol. The molecule has 0 aromatic heterocycles. The highest BCUT2D eigenvalue weighted by Crippen LogP contribution is 2.51. The summed E-state index contributed by atoms with van der Waals surface area (Å²) in [6.07, 6.45) is 0.422. The Morgan fingerprint density at radius 1 is 1.31 bits per heavy atom. The van der Waals surface area contributed by atoms with Gasteiger partial charge in [-0.2, -0.15) is 0 Å². The predicted molar refractivity (Wildman–Crippen MR) is 95.0 cm³/mol. The van der Waals surface area contributed by atoms with Crippen molar-refractivity contribution >= 4 is 19.4 Å². The van der Waals surface area contributed by atoms with Crippen molar-refractivity contribution in [3.63, 3.8) is 0 Å². The first-order valence-electron chi connectivity index (χ1n) is 8.56. The van der Waals surface area contributed by atoms with Crippen LogP contribution < -0.4 is 9.61 Å². The van der Waals surface area contributed by atoms with Gasteiger partial charge in [-0.15, -0.1) is 0 Å². The maximum Gasteiger partial charge on any atom is 0.329 e. The third kappa shape index (κ3) is 5.06. The van der Waals surface area contributed by atoms with E-state index in [1.54, 1.807) is 44.2 Å². The predicted octanol–water partition coefficient (Wildman–Crippen LogP) is 2.57. The summed E-state index contributed by atoms with van der Waals surface area (Å²) in [4.78, 5) is 24.5. The molecule has 1 fully saturated rings. The number of nitrogens with zero attached hydrogens (tertiary/aromatic N) is 1. The quantitative estimate of drug-likeness (QED) is 0.423. The van der Waals surface area contributed by atoms with Crippen molar-refractivity contribution in [2.45, 2.75) is 51.4 Å². The number of carbonyl (C=O) groups excluding carboxylic acids is 2. The first-order valence-corrected chi connectivity index (χ1v) is 10.2. The Morgan fingerprint density at radius 3 is 2.58 bits per heavy atom. The molecular formula is C17H25N2O6P. The Kier molecular flexibility index (Phi) is 6.81. The fourth-order valence-electron chi connectivity index (χ4n) is 2.63. The zero-order valence-corrected chi connectivity index (χ0v) is 16.0. The maximum atomic E-state index is 13.6. The summed E-state index contributed by atoms with van der Waals surface area (Å²) in [6.45, 7) is 5.08. The molecule has 1 aromatic rings. The van der Waals surface area contributed by atoms with Crippen LogP contribution in [0, 0.1) is 0 Å². The number of nitrogens with one attached hydrogen (secondary N) is 1. The Balaban J connectivity index is 2.27. The third-order valence-corrected chi connectivity index (χ3v) is 6.39. The van der Waals surface area contributed by atoms with E-state index in [1.807, 2.05) is 0 Å². The Hall–Kier alpha value is -1.89. The Labute approximate surface area is 152 Å². The number of esters is 1. The van der Waals surface area contributed by atoms with E-state index >= 15 is 0 Å². The van der Waals surface area contributed by atoms with Gasteiger partial charge in [0.15, 0.2) is 0 Å². The number of rotatable bonds is 7. The van der Waals surface area contributed by atoms with Gasteiger partial charge in [0.1, 0.15) is 17.5 Å². The SMILES string of the molecule is CC(C)OC(=O)[C@H](C)NP(=O)(Oc1ccccc1)C1CCCN(O)C1=O. The lowest BCUT2D eigenvalue weighted by molar-refractivity contribution is -0.169. The van der Waals surface area contributed by atoms with Crippen LogP contribution in [0.15, 0.2) is 30.3 Å². The lowest BCUT2D eigenvalue weighted by Crippen LogP contribution is -2.47. The number of hydroxylamine groups is 2. The molecule has 1 aromatic carbocycles. The molecule has 2 unspecified atom stereocenters. The van der Waals surface area contributed by atoms with Crippen molar-refractivity contribution in [2.75, 3.05) is 6.54 Å². The van der Waals surface area contributed by atoms with Gasteiger partial charge in [0, 0.05) is 6.54 Å². The number of hydrogen-bond acceptors (Lipinski definition) is 6. The van der Waals surface area contributed by atoms with Gasteiger partial charge in [-0.1, -0.05) is 18.2 Å². The van der Waals surface area contributed by atoms with E-state index in [4.69, 9.17) is 9.26 Å². The largest absolute Gasteiger partial charge is 0.462 e. The molecule has 8 nitrogen and oxygen atoms in total. The third-order valence-electron chi connectivity index (χ3n) is 3.86. The molecule has 3 atom stereocenters. The second-order valence-corrected chi connectivity index (χ2v) is 8.72. The van der Waals surface area contributed by atoms with Crippen LogP contribution in [-0.4, -0.2) is 46.5 Å². The molecule has 0 aliphatic carbocycles. The average molecular weight is 384 g/mol. The highest BCUT2D eigenvalue weighted by molar-refractivity contribution is 7.59. The van der Waals surface area contributed by atoms with E-state index in [2.05, 4.69) is 5.09 Å². The average Bonchev–Trinajstić information content (AvgIpc) is 2.57. The summed E-state index contributed by atoms with van der Waals surface area (Å²) in [7, 11) is -3.87. The normalized spacial score (nSPS) is 21.2. The standard InChI is InChI=1S/C17H25N2O6P/c1-12(2)24-17(21)13(3)18-26(23,25-14-8-5-4-6-9-14)15-10-7-11-19(22)16(15)20/h4-6,8-9,12-13,15,22H,7,10-11H2,1-3H3,(H,18,23)/t13-,15?,26?/m0/s1. The van der Waals surface area contributed by atoms with Gasteiger partial charge >= 0.3 is 13.5 Å². The van der Waals surface area contributed by atoms with E-state index in [0.29, 0.717) is 17.2 Å². The van der Waals surface area contributed by atoms with Crippen molar-refractivity contribution in [3.8, 4) is 5.75 Å². The van der Waals surface area contributed by atoms with E-state index in [9.17, 15) is 19.4 Å². The van der Waals surface area contributed by atoms with Crippen LogP contribution in [0.1, 0.15) is 33.6 Å². The van der Waals surface area contributed by atoms with Gasteiger partial charge in [-0.25, -0.2) is 10.2 Å². The minimum absolute atomic E-state index is 0.172. The van der Waals surface area contributed by atoms with E-state index in [-0.39, 0.29) is 19.1 Å². The summed E-state index contributed by atoms with van der Waals surface area (Å²) in [5, 5.41) is 12.9. The minimum Gasteiger partial charge on any atom is -0.462 e. The first-order chi connectivity index (χ1) is 12.2. The number of hydrogen-bond donors (Lipinski definition) is 2. The van der Waals surface area contributed by atoms with E-state index in [0.717, 1.165) is 0 Å². The zero-order valence-electron chi connectivity index (χ0n) is 15.1. The van der Waals surface area contributed by atoms with Crippen LogP contribution in [0.3, 0.4) is 0 Å². The molecule has 144 valence electrons. The summed E-state index contributed by atoms with van der Waals surface area (Å²) in [6, 6.07) is 7.45. The first kappa shape index (κ1) is 20.4. The number of ether oxygens (including phenoxy) is 1. The fourth-order valence-corrected chi connectivity index (χ4v) is 5.02. The number of para-hydroxylation sites is 1. The summed E-state index contributed by atoms with van der Waals surface area (Å²) < 4.78 is 24.4. The highest BCUT2D eigenvalue weighted by Gasteiger charge is 2.46. The molecule has 26 heavy (non-hydrogen) atoms. The molecule has 0 radical (unpaired) electrons. The van der Waals surface area contributed by atoms with Crippen molar-refractivity contribution in [3.05, 3.63) is 30.3 Å². The van der Waals surface area contributed by atoms with Crippen molar-refractivity contribution in [1.29, 1.82) is 0 Å². The lowest BCUT2D eigenvalue weighted by atomic mass is 10.1. The Bertz CT molecular complexity index is 681. The van der Waals surface area contributed by atoms with Gasteiger partial charge in [-0.3, -0.25) is 19.4 Å². The topological polar surface area (TPSA) is 105 Å². The van der Waals surface area contributed by atoms with E-state index in [1.165, 1.54) is 6.92 Å². The van der Waals surface area contributed by atoms with Gasteiger partial charge in [0.2, 0.25) is 0 Å². The molecule has 0 bridgehead atoms. The molecule has 0 saturated carbocycles. The summed E-state index contributed by atoms with van der Waals surface area (Å²) in [5.41, 5.74) is -1.09. The van der Waals surface area contributed by atoms with Crippen molar-refractivity contribution < 1.29 is 28.6 Å². The monoisotopic (exact) mass is 384 g/mol. The minimum atomic E-state index is -3.87. The number of benzene rings is 1. The molecule has 2 rings (SSSR count). The molecule has 1 heterocycles. The van der Waals surface area contributed by atoms with Crippen molar-refractivity contribution in [2.24, 2.45) is 0 Å². The lowest BCUT2D eigenvalue weighted by Gasteiger charge is -2.34. The zero-order chi connectivity index (χ0) is 19.3.